The van der Waals surface area contributed by atoms with Crippen molar-refractivity contribution in [3.63, 3.8) is 0 Å². The number of nitrogens with one attached hydrogen (secondary N) is 1. The van der Waals surface area contributed by atoms with E-state index < -0.39 is 0 Å². The second-order valence-corrected chi connectivity index (χ2v) is 5.22. The Morgan fingerprint density at radius 3 is 2.67 bits per heavy atom. The fourth-order valence-corrected chi connectivity index (χ4v) is 2.56. The molecule has 0 saturated carbocycles. The SMILES string of the molecule is C[C@@H]1CN(C(=O)[C@H](C)c2cccnc2)C[C@H](C)N1. The number of piperazine rings is 1. The van der Waals surface area contributed by atoms with Gasteiger partial charge in [0, 0.05) is 37.6 Å². The van der Waals surface area contributed by atoms with Gasteiger partial charge in [0.2, 0.25) is 5.91 Å². The lowest BCUT2D eigenvalue weighted by Gasteiger charge is -2.37. The molecule has 0 spiro atoms. The number of hydrogen-bond donors (Lipinski definition) is 1. The minimum absolute atomic E-state index is 0.115. The van der Waals surface area contributed by atoms with Crippen LogP contribution in [0, 0.1) is 0 Å². The molecule has 0 bridgehead atoms. The number of nitrogens with zero attached hydrogens (tertiary/aromatic N) is 2. The molecule has 0 radical (unpaired) electrons. The van der Waals surface area contributed by atoms with Gasteiger partial charge in [-0.1, -0.05) is 6.07 Å². The van der Waals surface area contributed by atoms with Crippen molar-refractivity contribution < 1.29 is 4.79 Å². The molecule has 1 aliphatic heterocycles. The summed E-state index contributed by atoms with van der Waals surface area (Å²) >= 11 is 0. The highest BCUT2D eigenvalue weighted by Crippen LogP contribution is 2.18. The van der Waals surface area contributed by atoms with Crippen LogP contribution in [0.3, 0.4) is 0 Å². The molecular weight excluding hydrogens is 226 g/mol. The molecule has 2 rings (SSSR count). The third-order valence-corrected chi connectivity index (χ3v) is 3.42. The smallest absolute Gasteiger partial charge is 0.229 e. The van der Waals surface area contributed by atoms with E-state index in [9.17, 15) is 4.79 Å². The largest absolute Gasteiger partial charge is 0.339 e. The van der Waals surface area contributed by atoms with Gasteiger partial charge >= 0.3 is 0 Å². The topological polar surface area (TPSA) is 45.2 Å². The van der Waals surface area contributed by atoms with Crippen LogP contribution in [0.15, 0.2) is 24.5 Å². The lowest BCUT2D eigenvalue weighted by atomic mass is 10.0. The summed E-state index contributed by atoms with van der Waals surface area (Å²) in [7, 11) is 0. The zero-order valence-corrected chi connectivity index (χ0v) is 11.3. The Labute approximate surface area is 108 Å². The van der Waals surface area contributed by atoms with E-state index >= 15 is 0 Å². The molecule has 4 nitrogen and oxygen atoms in total. The molecule has 2 heterocycles. The van der Waals surface area contributed by atoms with E-state index in [2.05, 4.69) is 24.1 Å². The fourth-order valence-electron chi connectivity index (χ4n) is 2.56. The summed E-state index contributed by atoms with van der Waals surface area (Å²) in [6.45, 7) is 7.76. The van der Waals surface area contributed by atoms with E-state index in [0.29, 0.717) is 12.1 Å². The molecule has 18 heavy (non-hydrogen) atoms. The third kappa shape index (κ3) is 2.88. The predicted octanol–water partition coefficient (Wildman–Crippen LogP) is 1.39. The van der Waals surface area contributed by atoms with E-state index in [4.69, 9.17) is 0 Å². The van der Waals surface area contributed by atoms with Crippen molar-refractivity contribution in [1.29, 1.82) is 0 Å². The Morgan fingerprint density at radius 2 is 2.11 bits per heavy atom. The zero-order valence-electron chi connectivity index (χ0n) is 11.3. The van der Waals surface area contributed by atoms with E-state index in [-0.39, 0.29) is 11.8 Å². The number of hydrogen-bond acceptors (Lipinski definition) is 3. The minimum Gasteiger partial charge on any atom is -0.339 e. The first-order valence-electron chi connectivity index (χ1n) is 6.52. The molecule has 1 aromatic rings. The van der Waals surface area contributed by atoms with Gasteiger partial charge in [0.05, 0.1) is 5.92 Å². The first-order chi connectivity index (χ1) is 8.58. The summed E-state index contributed by atoms with van der Waals surface area (Å²) in [5.74, 6) is 0.0828. The highest BCUT2D eigenvalue weighted by Gasteiger charge is 2.28. The number of carbonyl (C=O) groups excluding carboxylic acids is 1. The number of aromatic nitrogens is 1. The van der Waals surface area contributed by atoms with Crippen LogP contribution in [0.25, 0.3) is 0 Å². The Hall–Kier alpha value is -1.42. The average Bonchev–Trinajstić information content (AvgIpc) is 2.37. The summed E-state index contributed by atoms with van der Waals surface area (Å²) in [5.41, 5.74) is 0.987. The monoisotopic (exact) mass is 247 g/mol. The van der Waals surface area contributed by atoms with Gasteiger partial charge in [-0.3, -0.25) is 9.78 Å². The Balaban J connectivity index is 2.07. The van der Waals surface area contributed by atoms with Crippen LogP contribution < -0.4 is 5.32 Å². The molecule has 0 aromatic carbocycles. The van der Waals surface area contributed by atoms with E-state index in [0.717, 1.165) is 18.7 Å². The van der Waals surface area contributed by atoms with Crippen LogP contribution >= 0.6 is 0 Å². The fraction of sp³-hybridized carbons (Fsp3) is 0.571. The molecule has 1 aromatic heterocycles. The van der Waals surface area contributed by atoms with Crippen LogP contribution in [-0.2, 0) is 4.79 Å². The molecule has 3 atom stereocenters. The Bertz CT molecular complexity index is 397. The maximum atomic E-state index is 12.5. The Kier molecular flexibility index (Phi) is 3.97. The lowest BCUT2D eigenvalue weighted by molar-refractivity contribution is -0.134. The van der Waals surface area contributed by atoms with Crippen LogP contribution in [0.5, 0.6) is 0 Å². The van der Waals surface area contributed by atoms with Crippen molar-refractivity contribution in [3.8, 4) is 0 Å². The predicted molar refractivity (Wildman–Crippen MR) is 71.3 cm³/mol. The van der Waals surface area contributed by atoms with Crippen molar-refractivity contribution in [1.82, 2.24) is 15.2 Å². The number of pyridine rings is 1. The molecular formula is C14H21N3O. The summed E-state index contributed by atoms with van der Waals surface area (Å²) in [4.78, 5) is 18.5. The van der Waals surface area contributed by atoms with Crippen LogP contribution in [0.2, 0.25) is 0 Å². The summed E-state index contributed by atoms with van der Waals surface area (Å²) in [6.07, 6.45) is 3.51. The summed E-state index contributed by atoms with van der Waals surface area (Å²) in [6, 6.07) is 4.56. The van der Waals surface area contributed by atoms with Gasteiger partial charge in [0.1, 0.15) is 0 Å². The maximum Gasteiger partial charge on any atom is 0.229 e. The molecule has 98 valence electrons. The number of amides is 1. The molecule has 0 aliphatic carbocycles. The lowest BCUT2D eigenvalue weighted by Crippen LogP contribution is -2.56. The van der Waals surface area contributed by atoms with Crippen molar-refractivity contribution in [2.24, 2.45) is 0 Å². The van der Waals surface area contributed by atoms with Gasteiger partial charge in [-0.25, -0.2) is 0 Å². The standard InChI is InChI=1S/C14H21N3O/c1-10-8-17(9-11(2)16-10)14(18)12(3)13-5-4-6-15-7-13/h4-7,10-12,16H,8-9H2,1-3H3/t10-,11+,12-/m1/s1. The maximum absolute atomic E-state index is 12.5. The molecule has 1 aliphatic rings. The molecule has 1 amide bonds. The zero-order chi connectivity index (χ0) is 13.1. The van der Waals surface area contributed by atoms with Gasteiger partial charge < -0.3 is 10.2 Å². The van der Waals surface area contributed by atoms with Gasteiger partial charge in [-0.05, 0) is 32.4 Å². The summed E-state index contributed by atoms with van der Waals surface area (Å²) in [5, 5.41) is 3.44. The second kappa shape index (κ2) is 5.48. The molecule has 1 fully saturated rings. The molecule has 1 saturated heterocycles. The van der Waals surface area contributed by atoms with Gasteiger partial charge in [0.15, 0.2) is 0 Å². The van der Waals surface area contributed by atoms with Crippen molar-refractivity contribution >= 4 is 5.91 Å². The quantitative estimate of drug-likeness (QED) is 0.859. The van der Waals surface area contributed by atoms with Crippen molar-refractivity contribution in [2.75, 3.05) is 13.1 Å². The average molecular weight is 247 g/mol. The van der Waals surface area contributed by atoms with Crippen LogP contribution in [0.1, 0.15) is 32.3 Å². The normalized spacial score (nSPS) is 25.8. The number of carbonyl (C=O) groups is 1. The third-order valence-electron chi connectivity index (χ3n) is 3.42. The number of rotatable bonds is 2. The van der Waals surface area contributed by atoms with E-state index in [1.807, 2.05) is 24.0 Å². The van der Waals surface area contributed by atoms with E-state index in [1.165, 1.54) is 0 Å². The second-order valence-electron chi connectivity index (χ2n) is 5.22. The van der Waals surface area contributed by atoms with Gasteiger partial charge in [0.25, 0.3) is 0 Å². The molecule has 0 unspecified atom stereocenters. The van der Waals surface area contributed by atoms with Crippen molar-refractivity contribution in [2.45, 2.75) is 38.8 Å². The molecule has 1 N–H and O–H groups in total. The first-order valence-corrected chi connectivity index (χ1v) is 6.52. The molecule has 4 heteroatoms. The highest BCUT2D eigenvalue weighted by atomic mass is 16.2. The minimum atomic E-state index is -0.115. The highest BCUT2D eigenvalue weighted by molar-refractivity contribution is 5.83. The van der Waals surface area contributed by atoms with Gasteiger partial charge in [-0.15, -0.1) is 0 Å². The van der Waals surface area contributed by atoms with Crippen LogP contribution in [0.4, 0.5) is 0 Å². The van der Waals surface area contributed by atoms with Crippen molar-refractivity contribution in [3.05, 3.63) is 30.1 Å². The Morgan fingerprint density at radius 1 is 1.44 bits per heavy atom. The van der Waals surface area contributed by atoms with Crippen LogP contribution in [-0.4, -0.2) is 41.0 Å². The first kappa shape index (κ1) is 13.0. The van der Waals surface area contributed by atoms with E-state index in [1.54, 1.807) is 12.4 Å². The van der Waals surface area contributed by atoms with Gasteiger partial charge in [-0.2, -0.15) is 0 Å². The summed E-state index contributed by atoms with van der Waals surface area (Å²) < 4.78 is 0.